The summed E-state index contributed by atoms with van der Waals surface area (Å²) in [7, 11) is 0. The molecule has 0 aliphatic rings. The quantitative estimate of drug-likeness (QED) is 0.191. The van der Waals surface area contributed by atoms with E-state index in [1.807, 2.05) is 0 Å². The van der Waals surface area contributed by atoms with Crippen molar-refractivity contribution in [2.45, 2.75) is 52.4 Å². The maximum Gasteiger partial charge on any atom is -0.00264 e. The standard InChI is InChI=1S/C40H34/c1-39(2,3)33-19-27-11-7-23-15-31(16-24-8-12-28(20-33)37(27)35(23)24)32-17-25-9-13-29-21-34(40(4,5)6)22-30-14-10-26(18-32)36(25)38(29)30/h7-22H,1-6H3. The van der Waals surface area contributed by atoms with Crippen molar-refractivity contribution in [3.63, 3.8) is 0 Å². The average molecular weight is 515 g/mol. The van der Waals surface area contributed by atoms with Gasteiger partial charge in [-0.05, 0) is 122 Å². The highest BCUT2D eigenvalue weighted by Gasteiger charge is 2.19. The van der Waals surface area contributed by atoms with Crippen LogP contribution < -0.4 is 0 Å². The van der Waals surface area contributed by atoms with Gasteiger partial charge in [-0.25, -0.2) is 0 Å². The molecule has 0 unspecified atom stereocenters. The van der Waals surface area contributed by atoms with Crippen molar-refractivity contribution in [1.29, 1.82) is 0 Å². The molecule has 0 aliphatic heterocycles. The zero-order chi connectivity index (χ0) is 27.6. The van der Waals surface area contributed by atoms with E-state index < -0.39 is 0 Å². The molecule has 0 nitrogen and oxygen atoms in total. The second-order valence-corrected chi connectivity index (χ2v) is 14.0. The highest BCUT2D eigenvalue weighted by atomic mass is 14.2. The normalized spacial score (nSPS) is 13.2. The van der Waals surface area contributed by atoms with E-state index >= 15 is 0 Å². The van der Waals surface area contributed by atoms with Crippen molar-refractivity contribution in [3.05, 3.63) is 108 Å². The van der Waals surface area contributed by atoms with Gasteiger partial charge in [-0.3, -0.25) is 0 Å². The Balaban J connectivity index is 1.34. The van der Waals surface area contributed by atoms with Crippen molar-refractivity contribution < 1.29 is 0 Å². The van der Waals surface area contributed by atoms with E-state index in [-0.39, 0.29) is 10.8 Å². The second-order valence-electron chi connectivity index (χ2n) is 14.0. The Morgan fingerprint density at radius 2 is 0.500 bits per heavy atom. The number of rotatable bonds is 1. The number of hydrogen-bond donors (Lipinski definition) is 0. The van der Waals surface area contributed by atoms with Crippen LogP contribution in [0, 0.1) is 0 Å². The number of hydrogen-bond acceptors (Lipinski definition) is 0. The third kappa shape index (κ3) is 3.38. The zero-order valence-electron chi connectivity index (χ0n) is 24.2. The van der Waals surface area contributed by atoms with Crippen LogP contribution in [0.25, 0.3) is 75.8 Å². The van der Waals surface area contributed by atoms with E-state index in [4.69, 9.17) is 0 Å². The molecular weight excluding hydrogens is 480 g/mol. The van der Waals surface area contributed by atoms with E-state index in [2.05, 4.69) is 139 Å². The SMILES string of the molecule is CC(C)(C)c1cc2ccc3cc(-c4cc5ccc6cc(C(C)(C)C)cc7ccc(c4)c5c67)cc4ccc(c1)c2c34. The summed E-state index contributed by atoms with van der Waals surface area (Å²) in [6, 6.07) is 37.6. The highest BCUT2D eigenvalue weighted by molar-refractivity contribution is 6.26. The predicted molar refractivity (Wildman–Crippen MR) is 177 cm³/mol. The molecule has 194 valence electrons. The molecule has 0 N–H and O–H groups in total. The lowest BCUT2D eigenvalue weighted by Gasteiger charge is -2.22. The molecule has 0 fully saturated rings. The first kappa shape index (κ1) is 23.7. The lowest BCUT2D eigenvalue weighted by Crippen LogP contribution is -2.10. The van der Waals surface area contributed by atoms with Gasteiger partial charge < -0.3 is 0 Å². The molecule has 0 saturated carbocycles. The lowest BCUT2D eigenvalue weighted by atomic mass is 9.82. The van der Waals surface area contributed by atoms with Gasteiger partial charge in [0, 0.05) is 0 Å². The Kier molecular flexibility index (Phi) is 4.58. The topological polar surface area (TPSA) is 0 Å². The maximum absolute atomic E-state index is 2.39. The van der Waals surface area contributed by atoms with Gasteiger partial charge in [-0.15, -0.1) is 0 Å². The van der Waals surface area contributed by atoms with Crippen LogP contribution in [-0.4, -0.2) is 0 Å². The lowest BCUT2D eigenvalue weighted by molar-refractivity contribution is 0.591. The van der Waals surface area contributed by atoms with E-state index in [1.54, 1.807) is 0 Å². The van der Waals surface area contributed by atoms with Crippen molar-refractivity contribution in [3.8, 4) is 11.1 Å². The molecule has 0 heteroatoms. The van der Waals surface area contributed by atoms with Gasteiger partial charge in [0.15, 0.2) is 0 Å². The Hall–Kier alpha value is -4.16. The third-order valence-corrected chi connectivity index (χ3v) is 9.13. The minimum Gasteiger partial charge on any atom is -0.0561 e. The minimum absolute atomic E-state index is 0.128. The third-order valence-electron chi connectivity index (χ3n) is 9.13. The molecule has 0 radical (unpaired) electrons. The van der Waals surface area contributed by atoms with Crippen LogP contribution in [0.2, 0.25) is 0 Å². The molecule has 0 aliphatic carbocycles. The first-order chi connectivity index (χ1) is 19.0. The van der Waals surface area contributed by atoms with E-state index in [1.165, 1.54) is 86.9 Å². The fourth-order valence-electron chi connectivity index (χ4n) is 6.87. The smallest absolute Gasteiger partial charge is 0.00264 e. The summed E-state index contributed by atoms with van der Waals surface area (Å²) in [6.07, 6.45) is 0. The molecule has 0 aromatic heterocycles. The predicted octanol–water partition coefficient (Wildman–Crippen LogP) is 11.7. The molecular formula is C40H34. The Morgan fingerprint density at radius 1 is 0.300 bits per heavy atom. The molecule has 8 aromatic carbocycles. The summed E-state index contributed by atoms with van der Waals surface area (Å²) in [6.45, 7) is 13.8. The molecule has 8 rings (SSSR count). The van der Waals surface area contributed by atoms with Gasteiger partial charge in [-0.1, -0.05) is 114 Å². The van der Waals surface area contributed by atoms with Crippen LogP contribution in [0.3, 0.4) is 0 Å². The molecule has 0 bridgehead atoms. The van der Waals surface area contributed by atoms with Crippen LogP contribution >= 0.6 is 0 Å². The van der Waals surface area contributed by atoms with Gasteiger partial charge in [0.05, 0.1) is 0 Å². The maximum atomic E-state index is 2.39. The van der Waals surface area contributed by atoms with Crippen LogP contribution in [0.15, 0.2) is 97.1 Å². The fraction of sp³-hybridized carbons (Fsp3) is 0.200. The summed E-state index contributed by atoms with van der Waals surface area (Å²) in [5.74, 6) is 0. The largest absolute Gasteiger partial charge is 0.0561 e. The first-order valence-corrected chi connectivity index (χ1v) is 14.5. The summed E-state index contributed by atoms with van der Waals surface area (Å²) >= 11 is 0. The molecule has 0 heterocycles. The van der Waals surface area contributed by atoms with Crippen LogP contribution in [0.1, 0.15) is 52.7 Å². The van der Waals surface area contributed by atoms with E-state index in [0.717, 1.165) is 0 Å². The molecule has 40 heavy (non-hydrogen) atoms. The van der Waals surface area contributed by atoms with Crippen LogP contribution in [0.4, 0.5) is 0 Å². The molecule has 0 amide bonds. The van der Waals surface area contributed by atoms with Gasteiger partial charge in [-0.2, -0.15) is 0 Å². The minimum atomic E-state index is 0.128. The first-order valence-electron chi connectivity index (χ1n) is 14.5. The monoisotopic (exact) mass is 514 g/mol. The van der Waals surface area contributed by atoms with E-state index in [0.29, 0.717) is 0 Å². The van der Waals surface area contributed by atoms with Crippen molar-refractivity contribution in [1.82, 2.24) is 0 Å². The van der Waals surface area contributed by atoms with Crippen molar-refractivity contribution >= 4 is 64.6 Å². The summed E-state index contributed by atoms with van der Waals surface area (Å²) < 4.78 is 0. The second kappa shape index (κ2) is 7.73. The van der Waals surface area contributed by atoms with Gasteiger partial charge in [0.1, 0.15) is 0 Å². The Labute approximate surface area is 235 Å². The summed E-state index contributed by atoms with van der Waals surface area (Å²) in [4.78, 5) is 0. The van der Waals surface area contributed by atoms with Gasteiger partial charge in [0.2, 0.25) is 0 Å². The van der Waals surface area contributed by atoms with Gasteiger partial charge in [0.25, 0.3) is 0 Å². The molecule has 8 aromatic rings. The Morgan fingerprint density at radius 3 is 0.700 bits per heavy atom. The van der Waals surface area contributed by atoms with Gasteiger partial charge >= 0.3 is 0 Å². The summed E-state index contributed by atoms with van der Waals surface area (Å²) in [5, 5.41) is 16.1. The number of benzene rings is 8. The average Bonchev–Trinajstić information content (AvgIpc) is 2.92. The zero-order valence-corrected chi connectivity index (χ0v) is 24.2. The van der Waals surface area contributed by atoms with Crippen LogP contribution in [0.5, 0.6) is 0 Å². The summed E-state index contributed by atoms with van der Waals surface area (Å²) in [5.41, 5.74) is 5.60. The fourth-order valence-corrected chi connectivity index (χ4v) is 6.87. The van der Waals surface area contributed by atoms with Crippen molar-refractivity contribution in [2.75, 3.05) is 0 Å². The Bertz CT molecular complexity index is 1970. The molecule has 0 spiro atoms. The molecule has 0 atom stereocenters. The molecule has 0 saturated heterocycles. The van der Waals surface area contributed by atoms with E-state index in [9.17, 15) is 0 Å². The highest BCUT2D eigenvalue weighted by Crippen LogP contribution is 2.42. The van der Waals surface area contributed by atoms with Crippen molar-refractivity contribution in [2.24, 2.45) is 0 Å². The van der Waals surface area contributed by atoms with Crippen LogP contribution in [-0.2, 0) is 10.8 Å².